The van der Waals surface area contributed by atoms with Crippen molar-refractivity contribution >= 4 is 57.0 Å². The van der Waals surface area contributed by atoms with Crippen LogP contribution in [-0.4, -0.2) is 30.8 Å². The molecule has 0 bridgehead atoms. The summed E-state index contributed by atoms with van der Waals surface area (Å²) in [6.45, 7) is -0.158. The van der Waals surface area contributed by atoms with E-state index in [4.69, 9.17) is 4.74 Å². The fourth-order valence-corrected chi connectivity index (χ4v) is 10.9. The van der Waals surface area contributed by atoms with Gasteiger partial charge in [-0.3, -0.25) is 4.79 Å². The maximum atomic E-state index is 12.2. The highest BCUT2D eigenvalue weighted by Gasteiger charge is 2.38. The van der Waals surface area contributed by atoms with Gasteiger partial charge < -0.3 is 15.2 Å². The number of carbonyl (C=O) groups excluding carboxylic acids is 1. The summed E-state index contributed by atoms with van der Waals surface area (Å²) < 4.78 is 41.7. The second kappa shape index (κ2) is 8.28. The average molecular weight is 422 g/mol. The van der Waals surface area contributed by atoms with Crippen LogP contribution in [0.1, 0.15) is 5.56 Å². The lowest BCUT2D eigenvalue weighted by Gasteiger charge is -2.15. The summed E-state index contributed by atoms with van der Waals surface area (Å²) >= 11 is 0. The molecular formula is C11H10F3NO3S5. The molecule has 2 N–H and O–H groups in total. The quantitative estimate of drug-likeness (QED) is 0.680. The third-order valence-corrected chi connectivity index (χ3v) is 11.2. The first kappa shape index (κ1) is 19.2. The van der Waals surface area contributed by atoms with Crippen molar-refractivity contribution in [2.24, 2.45) is 0 Å². The first-order valence-corrected chi connectivity index (χ1v) is 12.1. The fourth-order valence-electron chi connectivity index (χ4n) is 1.69. The number of carbonyl (C=O) groups is 1. The van der Waals surface area contributed by atoms with E-state index in [1.54, 1.807) is 6.07 Å². The fraction of sp³-hybridized carbons (Fsp3) is 0.364. The van der Waals surface area contributed by atoms with Gasteiger partial charge in [-0.25, -0.2) is 0 Å². The Balaban J connectivity index is 2.19. The highest BCUT2D eigenvalue weighted by Crippen LogP contribution is 2.62. The Labute approximate surface area is 149 Å². The Hall–Kier alpha value is -0.170. The maximum absolute atomic E-state index is 12.2. The van der Waals surface area contributed by atoms with Crippen molar-refractivity contribution in [2.75, 3.05) is 13.7 Å². The van der Waals surface area contributed by atoms with E-state index < -0.39 is 12.1 Å². The van der Waals surface area contributed by atoms with Crippen LogP contribution in [-0.2, 0) is 11.2 Å². The minimum atomic E-state index is -4.89. The molecule has 1 aliphatic rings. The van der Waals surface area contributed by atoms with E-state index in [1.807, 2.05) is 5.32 Å². The van der Waals surface area contributed by atoms with E-state index in [2.05, 4.69) is 0 Å². The Morgan fingerprint density at radius 1 is 1.26 bits per heavy atom. The molecule has 2 rings (SSSR count). The molecule has 23 heavy (non-hydrogen) atoms. The molecule has 0 saturated heterocycles. The van der Waals surface area contributed by atoms with E-state index in [-0.39, 0.29) is 24.5 Å². The molecule has 128 valence electrons. The molecule has 0 atom stereocenters. The topological polar surface area (TPSA) is 58.6 Å². The number of aromatic hydroxyl groups is 1. The van der Waals surface area contributed by atoms with Gasteiger partial charge in [0.2, 0.25) is 0 Å². The molecule has 1 aliphatic heterocycles. The molecule has 1 amide bonds. The van der Waals surface area contributed by atoms with Crippen LogP contribution in [0.25, 0.3) is 0 Å². The van der Waals surface area contributed by atoms with Crippen molar-refractivity contribution < 1.29 is 27.8 Å². The number of rotatable bonds is 4. The largest absolute Gasteiger partial charge is 0.503 e. The predicted octanol–water partition coefficient (Wildman–Crippen LogP) is 4.68. The van der Waals surface area contributed by atoms with Gasteiger partial charge in [-0.05, 0) is 69.1 Å². The van der Waals surface area contributed by atoms with Crippen molar-refractivity contribution in [1.29, 1.82) is 0 Å². The zero-order valence-corrected chi connectivity index (χ0v) is 15.5. The zero-order chi connectivity index (χ0) is 17.0. The Kier molecular flexibility index (Phi) is 6.89. The predicted molar refractivity (Wildman–Crippen MR) is 91.9 cm³/mol. The molecule has 1 aromatic rings. The van der Waals surface area contributed by atoms with Gasteiger partial charge in [0.1, 0.15) is 0 Å². The molecule has 1 aromatic carbocycles. The first-order chi connectivity index (χ1) is 10.8. The Morgan fingerprint density at radius 3 is 2.52 bits per heavy atom. The number of amides is 1. The molecule has 0 aliphatic carbocycles. The number of nitrogens with one attached hydrogen (secondary N) is 1. The number of halogens is 3. The molecule has 0 spiro atoms. The van der Waals surface area contributed by atoms with Crippen molar-refractivity contribution in [2.45, 2.75) is 22.4 Å². The van der Waals surface area contributed by atoms with Gasteiger partial charge in [0.05, 0.1) is 12.0 Å². The van der Waals surface area contributed by atoms with Crippen molar-refractivity contribution in [3.05, 3.63) is 11.6 Å². The van der Waals surface area contributed by atoms with Gasteiger partial charge in [-0.2, -0.15) is 13.2 Å². The standard InChI is InChI=1S/C11H10F3NO3S5/c1-18-6-4-5(2-3-15-10(17)11(12,13)14)8-9(7(6)16)20-22-23-21-19-8/h4,16H,2-3H2,1H3,(H,15,17). The molecule has 4 nitrogen and oxygen atoms in total. The first-order valence-electron chi connectivity index (χ1n) is 5.97. The van der Waals surface area contributed by atoms with Crippen LogP contribution in [0.2, 0.25) is 0 Å². The number of phenols is 1. The molecule has 0 radical (unpaired) electrons. The summed E-state index contributed by atoms with van der Waals surface area (Å²) in [5, 5.41) is 12.0. The van der Waals surface area contributed by atoms with E-state index in [9.17, 15) is 23.1 Å². The van der Waals surface area contributed by atoms with Gasteiger partial charge in [-0.15, -0.1) is 0 Å². The van der Waals surface area contributed by atoms with Crippen LogP contribution in [0.5, 0.6) is 11.5 Å². The van der Waals surface area contributed by atoms with Crippen LogP contribution < -0.4 is 10.1 Å². The van der Waals surface area contributed by atoms with Gasteiger partial charge in [0, 0.05) is 11.4 Å². The number of phenolic OH excluding ortho intramolecular Hbond substituents is 1. The van der Waals surface area contributed by atoms with E-state index in [0.29, 0.717) is 10.5 Å². The van der Waals surface area contributed by atoms with Crippen LogP contribution >= 0.6 is 51.1 Å². The number of alkyl halides is 3. The number of hydrogen-bond acceptors (Lipinski definition) is 8. The van der Waals surface area contributed by atoms with Crippen LogP contribution in [0.4, 0.5) is 13.2 Å². The summed E-state index contributed by atoms with van der Waals surface area (Å²) in [7, 11) is 8.68. The molecule has 0 saturated carbocycles. The van der Waals surface area contributed by atoms with E-state index in [1.165, 1.54) is 58.2 Å². The molecule has 12 heteroatoms. The lowest BCUT2D eigenvalue weighted by Crippen LogP contribution is -2.37. The minimum Gasteiger partial charge on any atom is -0.503 e. The van der Waals surface area contributed by atoms with Crippen molar-refractivity contribution in [3.8, 4) is 11.5 Å². The zero-order valence-electron chi connectivity index (χ0n) is 11.4. The second-order valence-corrected chi connectivity index (χ2v) is 11.6. The van der Waals surface area contributed by atoms with Gasteiger partial charge in [0.25, 0.3) is 0 Å². The number of benzene rings is 1. The van der Waals surface area contributed by atoms with Crippen LogP contribution in [0.3, 0.4) is 0 Å². The van der Waals surface area contributed by atoms with Crippen molar-refractivity contribution in [1.82, 2.24) is 5.32 Å². The monoisotopic (exact) mass is 421 g/mol. The number of ether oxygens (including phenoxy) is 1. The summed E-state index contributed by atoms with van der Waals surface area (Å²) in [6, 6.07) is 1.59. The third kappa shape index (κ3) is 4.91. The van der Waals surface area contributed by atoms with Crippen LogP contribution in [0, 0.1) is 0 Å². The third-order valence-electron chi connectivity index (χ3n) is 2.70. The molecule has 1 heterocycles. The Bertz CT molecular complexity index is 599. The number of hydrogen-bond donors (Lipinski definition) is 2. The maximum Gasteiger partial charge on any atom is 0.471 e. The van der Waals surface area contributed by atoms with Gasteiger partial charge >= 0.3 is 12.1 Å². The summed E-state index contributed by atoms with van der Waals surface area (Å²) in [5.74, 6) is -1.69. The summed E-state index contributed by atoms with van der Waals surface area (Å²) in [6.07, 6.45) is -4.69. The SMILES string of the molecule is COc1cc(CCNC(=O)C(F)(F)F)c2c(c1O)SSSSS2. The van der Waals surface area contributed by atoms with E-state index >= 15 is 0 Å². The highest BCUT2D eigenvalue weighted by molar-refractivity contribution is 9.36. The lowest BCUT2D eigenvalue weighted by atomic mass is 10.1. The number of methoxy groups -OCH3 is 1. The van der Waals surface area contributed by atoms with Gasteiger partial charge in [0.15, 0.2) is 11.5 Å². The van der Waals surface area contributed by atoms with Crippen LogP contribution in [0.15, 0.2) is 15.9 Å². The molecule has 0 unspecified atom stereocenters. The highest BCUT2D eigenvalue weighted by atomic mass is 33.8. The molecular weight excluding hydrogens is 411 g/mol. The van der Waals surface area contributed by atoms with Crippen molar-refractivity contribution in [3.63, 3.8) is 0 Å². The molecule has 0 fully saturated rings. The lowest BCUT2D eigenvalue weighted by molar-refractivity contribution is -0.173. The Morgan fingerprint density at radius 2 is 1.91 bits per heavy atom. The normalized spacial score (nSPS) is 14.8. The van der Waals surface area contributed by atoms with E-state index in [0.717, 1.165) is 4.90 Å². The number of fused-ring (bicyclic) bond motifs is 1. The smallest absolute Gasteiger partial charge is 0.471 e. The minimum absolute atomic E-state index is 0.0127. The second-order valence-electron chi connectivity index (χ2n) is 4.12. The van der Waals surface area contributed by atoms with Gasteiger partial charge in [-0.1, -0.05) is 0 Å². The molecule has 0 aromatic heterocycles. The summed E-state index contributed by atoms with van der Waals surface area (Å²) in [4.78, 5) is 12.2. The average Bonchev–Trinajstić information content (AvgIpc) is 2.74. The summed E-state index contributed by atoms with van der Waals surface area (Å²) in [5.41, 5.74) is 0.713.